The summed E-state index contributed by atoms with van der Waals surface area (Å²) in [4.78, 5) is 10.8. The highest BCUT2D eigenvalue weighted by Crippen LogP contribution is 2.36. The van der Waals surface area contributed by atoms with Gasteiger partial charge in [0.05, 0.1) is 11.1 Å². The SMILES string of the molecule is O=C(O)c1ccc(CC=C(c2cc(Cl)cc(Cl)c2)C(F)(F)F)cc1F. The Hall–Kier alpha value is -2.05. The quantitative estimate of drug-likeness (QED) is 0.646. The highest BCUT2D eigenvalue weighted by atomic mass is 35.5. The molecule has 1 N–H and O–H groups in total. The van der Waals surface area contributed by atoms with Crippen molar-refractivity contribution in [3.05, 3.63) is 75.0 Å². The average molecular weight is 393 g/mol. The van der Waals surface area contributed by atoms with Gasteiger partial charge in [0.2, 0.25) is 0 Å². The number of benzene rings is 2. The van der Waals surface area contributed by atoms with Crippen LogP contribution in [0.1, 0.15) is 21.5 Å². The number of allylic oxidation sites excluding steroid dienone is 2. The number of carboxylic acids is 1. The predicted molar refractivity (Wildman–Crippen MR) is 87.6 cm³/mol. The summed E-state index contributed by atoms with van der Waals surface area (Å²) in [5, 5.41) is 8.86. The van der Waals surface area contributed by atoms with Gasteiger partial charge in [0.1, 0.15) is 5.82 Å². The van der Waals surface area contributed by atoms with Crippen LogP contribution in [0.25, 0.3) is 5.57 Å². The van der Waals surface area contributed by atoms with Crippen molar-refractivity contribution in [2.24, 2.45) is 0 Å². The largest absolute Gasteiger partial charge is 0.478 e. The molecule has 0 spiro atoms. The molecule has 2 aromatic carbocycles. The molecule has 2 aromatic rings. The molecule has 0 saturated carbocycles. The zero-order chi connectivity index (χ0) is 18.8. The number of aromatic carboxylic acids is 1. The number of halogens is 6. The van der Waals surface area contributed by atoms with Crippen molar-refractivity contribution in [2.45, 2.75) is 12.6 Å². The van der Waals surface area contributed by atoms with Gasteiger partial charge in [0, 0.05) is 10.0 Å². The molecule has 0 radical (unpaired) electrons. The molecular weight excluding hydrogens is 383 g/mol. The van der Waals surface area contributed by atoms with Gasteiger partial charge in [0.15, 0.2) is 0 Å². The number of alkyl halides is 3. The summed E-state index contributed by atoms with van der Waals surface area (Å²) >= 11 is 11.5. The van der Waals surface area contributed by atoms with Crippen LogP contribution in [0.3, 0.4) is 0 Å². The minimum Gasteiger partial charge on any atom is -0.478 e. The van der Waals surface area contributed by atoms with Crippen molar-refractivity contribution < 1.29 is 27.5 Å². The van der Waals surface area contributed by atoms with Crippen LogP contribution in [0.4, 0.5) is 17.6 Å². The van der Waals surface area contributed by atoms with Gasteiger partial charge in [-0.2, -0.15) is 13.2 Å². The minimum atomic E-state index is -4.67. The van der Waals surface area contributed by atoms with Crippen LogP contribution in [-0.4, -0.2) is 17.3 Å². The van der Waals surface area contributed by atoms with Crippen LogP contribution in [0.2, 0.25) is 10.0 Å². The van der Waals surface area contributed by atoms with Gasteiger partial charge in [0.25, 0.3) is 0 Å². The summed E-state index contributed by atoms with van der Waals surface area (Å²) in [7, 11) is 0. The molecule has 0 atom stereocenters. The number of carbonyl (C=O) groups is 1. The van der Waals surface area contributed by atoms with Gasteiger partial charge in [-0.1, -0.05) is 35.3 Å². The van der Waals surface area contributed by atoms with Gasteiger partial charge >= 0.3 is 12.1 Å². The van der Waals surface area contributed by atoms with E-state index in [0.29, 0.717) is 0 Å². The Kier molecular flexibility index (Phi) is 5.75. The molecule has 0 aliphatic carbocycles. The van der Waals surface area contributed by atoms with E-state index in [0.717, 1.165) is 30.3 Å². The van der Waals surface area contributed by atoms with Crippen molar-refractivity contribution in [1.82, 2.24) is 0 Å². The fraction of sp³-hybridized carbons (Fsp3) is 0.118. The van der Waals surface area contributed by atoms with E-state index >= 15 is 0 Å². The van der Waals surface area contributed by atoms with Crippen LogP contribution < -0.4 is 0 Å². The predicted octanol–water partition coefficient (Wildman–Crippen LogP) is 6.02. The van der Waals surface area contributed by atoms with Crippen molar-refractivity contribution in [2.75, 3.05) is 0 Å². The first kappa shape index (κ1) is 19.3. The van der Waals surface area contributed by atoms with E-state index in [1.807, 2.05) is 0 Å². The molecule has 2 rings (SSSR count). The van der Waals surface area contributed by atoms with Crippen LogP contribution in [0.15, 0.2) is 42.5 Å². The molecule has 0 bridgehead atoms. The number of hydrogen-bond acceptors (Lipinski definition) is 1. The molecule has 0 unspecified atom stereocenters. The zero-order valence-corrected chi connectivity index (χ0v) is 13.9. The Balaban J connectivity index is 2.39. The second-order valence-electron chi connectivity index (χ2n) is 5.10. The highest BCUT2D eigenvalue weighted by Gasteiger charge is 2.34. The summed E-state index contributed by atoms with van der Waals surface area (Å²) in [6.45, 7) is 0. The lowest BCUT2D eigenvalue weighted by atomic mass is 10.0. The molecule has 8 heteroatoms. The Labute approximate surface area is 150 Å². The van der Waals surface area contributed by atoms with Gasteiger partial charge in [-0.25, -0.2) is 9.18 Å². The fourth-order valence-corrected chi connectivity index (χ4v) is 2.71. The van der Waals surface area contributed by atoms with Gasteiger partial charge < -0.3 is 5.11 Å². The van der Waals surface area contributed by atoms with E-state index in [2.05, 4.69) is 0 Å². The first-order chi connectivity index (χ1) is 11.6. The lowest BCUT2D eigenvalue weighted by Gasteiger charge is -2.13. The Morgan fingerprint density at radius 3 is 2.16 bits per heavy atom. The third-order valence-electron chi connectivity index (χ3n) is 3.28. The van der Waals surface area contributed by atoms with E-state index < -0.39 is 29.1 Å². The summed E-state index contributed by atoms with van der Waals surface area (Å²) in [5.74, 6) is -2.47. The summed E-state index contributed by atoms with van der Waals surface area (Å²) < 4.78 is 53.6. The lowest BCUT2D eigenvalue weighted by Crippen LogP contribution is -2.11. The molecule has 132 valence electrons. The summed E-state index contributed by atoms with van der Waals surface area (Å²) in [6.07, 6.45) is -4.05. The monoisotopic (exact) mass is 392 g/mol. The topological polar surface area (TPSA) is 37.3 Å². The van der Waals surface area contributed by atoms with Crippen molar-refractivity contribution in [3.63, 3.8) is 0 Å². The number of carboxylic acid groups (broad SMARTS) is 1. The van der Waals surface area contributed by atoms with E-state index in [1.54, 1.807) is 0 Å². The second kappa shape index (κ2) is 7.45. The van der Waals surface area contributed by atoms with Crippen LogP contribution >= 0.6 is 23.2 Å². The minimum absolute atomic E-state index is 0.0505. The van der Waals surface area contributed by atoms with Gasteiger partial charge in [-0.15, -0.1) is 0 Å². The lowest BCUT2D eigenvalue weighted by molar-refractivity contribution is -0.0690. The number of hydrogen-bond donors (Lipinski definition) is 1. The van der Waals surface area contributed by atoms with E-state index in [-0.39, 0.29) is 27.6 Å². The number of rotatable bonds is 4. The average Bonchev–Trinajstić information content (AvgIpc) is 2.44. The van der Waals surface area contributed by atoms with E-state index in [1.165, 1.54) is 12.1 Å². The Morgan fingerprint density at radius 1 is 1.08 bits per heavy atom. The van der Waals surface area contributed by atoms with Crippen LogP contribution in [0, 0.1) is 5.82 Å². The van der Waals surface area contributed by atoms with Gasteiger partial charge in [-0.3, -0.25) is 0 Å². The first-order valence-corrected chi connectivity index (χ1v) is 7.59. The molecule has 0 aliphatic rings. The second-order valence-corrected chi connectivity index (χ2v) is 5.97. The third-order valence-corrected chi connectivity index (χ3v) is 3.72. The molecule has 25 heavy (non-hydrogen) atoms. The smallest absolute Gasteiger partial charge is 0.416 e. The maximum Gasteiger partial charge on any atom is 0.416 e. The zero-order valence-electron chi connectivity index (χ0n) is 12.4. The third kappa shape index (κ3) is 4.96. The molecule has 0 saturated heterocycles. The maximum atomic E-state index is 13.6. The molecule has 0 amide bonds. The van der Waals surface area contributed by atoms with Crippen molar-refractivity contribution >= 4 is 34.7 Å². The van der Waals surface area contributed by atoms with Gasteiger partial charge in [-0.05, 0) is 47.9 Å². The molecular formula is C17H10Cl2F4O2. The standard InChI is InChI=1S/C17H10Cl2F4O2/c18-11-6-10(7-12(19)8-11)14(17(21,22)23)4-2-9-1-3-13(16(24)25)15(20)5-9/h1,3-8H,2H2,(H,24,25). The van der Waals surface area contributed by atoms with Crippen LogP contribution in [0.5, 0.6) is 0 Å². The normalized spacial score (nSPS) is 12.3. The maximum absolute atomic E-state index is 13.6. The summed E-state index contributed by atoms with van der Waals surface area (Å²) in [5.41, 5.74) is -1.55. The fourth-order valence-electron chi connectivity index (χ4n) is 2.19. The Bertz CT molecular complexity index is 825. The van der Waals surface area contributed by atoms with Crippen molar-refractivity contribution in [1.29, 1.82) is 0 Å². The van der Waals surface area contributed by atoms with E-state index in [4.69, 9.17) is 28.3 Å². The molecule has 0 fully saturated rings. The molecule has 2 nitrogen and oxygen atoms in total. The molecule has 0 heterocycles. The van der Waals surface area contributed by atoms with Crippen LogP contribution in [-0.2, 0) is 6.42 Å². The highest BCUT2D eigenvalue weighted by molar-refractivity contribution is 6.34. The molecule has 0 aliphatic heterocycles. The Morgan fingerprint density at radius 2 is 1.68 bits per heavy atom. The molecule has 0 aromatic heterocycles. The van der Waals surface area contributed by atoms with Crippen molar-refractivity contribution in [3.8, 4) is 0 Å². The summed E-state index contributed by atoms with van der Waals surface area (Å²) in [6, 6.07) is 6.70. The van der Waals surface area contributed by atoms with E-state index in [9.17, 15) is 22.4 Å². The first-order valence-electron chi connectivity index (χ1n) is 6.83.